The van der Waals surface area contributed by atoms with Gasteiger partial charge in [-0.25, -0.2) is 4.98 Å². The highest BCUT2D eigenvalue weighted by molar-refractivity contribution is 5.58. The number of aromatic nitrogens is 2. The summed E-state index contributed by atoms with van der Waals surface area (Å²) in [4.78, 5) is 20.8. The molecule has 0 aliphatic heterocycles. The fourth-order valence-corrected chi connectivity index (χ4v) is 2.69. The fourth-order valence-electron chi connectivity index (χ4n) is 2.69. The van der Waals surface area contributed by atoms with E-state index in [1.165, 1.54) is 31.9 Å². The Bertz CT molecular complexity index is 474. The minimum absolute atomic E-state index is 0.0350. The Morgan fingerprint density at radius 1 is 1.50 bits per heavy atom. The summed E-state index contributed by atoms with van der Waals surface area (Å²) in [7, 11) is 1.86. The van der Waals surface area contributed by atoms with Crippen LogP contribution in [0.5, 0.6) is 0 Å². The molecule has 110 valence electrons. The van der Waals surface area contributed by atoms with E-state index < -0.39 is 4.92 Å². The van der Waals surface area contributed by atoms with Gasteiger partial charge in [-0.15, -0.1) is 0 Å². The molecule has 20 heavy (non-hydrogen) atoms. The first-order valence-corrected chi connectivity index (χ1v) is 7.08. The largest absolute Gasteiger partial charge is 0.354 e. The highest BCUT2D eigenvalue weighted by Gasteiger charge is 2.24. The van der Waals surface area contributed by atoms with Crippen LogP contribution in [0.2, 0.25) is 0 Å². The summed E-state index contributed by atoms with van der Waals surface area (Å²) in [6, 6.07) is 0. The summed E-state index contributed by atoms with van der Waals surface area (Å²) in [5.74, 6) is 1.44. The zero-order valence-corrected chi connectivity index (χ0v) is 12.0. The van der Waals surface area contributed by atoms with Gasteiger partial charge in [0, 0.05) is 20.1 Å². The van der Waals surface area contributed by atoms with Crippen molar-refractivity contribution in [2.45, 2.75) is 32.6 Å². The lowest BCUT2D eigenvalue weighted by Gasteiger charge is -2.22. The van der Waals surface area contributed by atoms with Crippen molar-refractivity contribution in [2.24, 2.45) is 5.92 Å². The lowest BCUT2D eigenvalue weighted by atomic mass is 10.1. The number of nitrogens with zero attached hydrogens (tertiary/aromatic N) is 4. The van der Waals surface area contributed by atoms with Gasteiger partial charge in [0.2, 0.25) is 11.8 Å². The molecule has 1 aliphatic rings. The van der Waals surface area contributed by atoms with Gasteiger partial charge in [0.15, 0.2) is 0 Å². The van der Waals surface area contributed by atoms with E-state index in [1.807, 2.05) is 18.9 Å². The van der Waals surface area contributed by atoms with Crippen molar-refractivity contribution in [2.75, 3.05) is 30.4 Å². The molecule has 0 saturated heterocycles. The zero-order valence-electron chi connectivity index (χ0n) is 12.0. The molecule has 1 heterocycles. The Morgan fingerprint density at radius 3 is 2.80 bits per heavy atom. The Morgan fingerprint density at radius 2 is 2.20 bits per heavy atom. The topological polar surface area (TPSA) is 84.2 Å². The fraction of sp³-hybridized carbons (Fsp3) is 0.692. The molecule has 0 radical (unpaired) electrons. The van der Waals surface area contributed by atoms with Gasteiger partial charge in [0.1, 0.15) is 6.20 Å². The summed E-state index contributed by atoms with van der Waals surface area (Å²) in [5, 5.41) is 14.1. The van der Waals surface area contributed by atoms with Crippen LogP contribution in [0.3, 0.4) is 0 Å². The van der Waals surface area contributed by atoms with Crippen molar-refractivity contribution >= 4 is 17.5 Å². The quantitative estimate of drug-likeness (QED) is 0.636. The van der Waals surface area contributed by atoms with E-state index in [1.54, 1.807) is 0 Å². The first-order chi connectivity index (χ1) is 9.61. The first-order valence-electron chi connectivity index (χ1n) is 7.08. The SMILES string of the molecule is CCNc1ncc([N+](=O)[O-])c(N(C)CC2CCCC2)n1. The summed E-state index contributed by atoms with van der Waals surface area (Å²) < 4.78 is 0. The van der Waals surface area contributed by atoms with Crippen molar-refractivity contribution in [3.63, 3.8) is 0 Å². The highest BCUT2D eigenvalue weighted by Crippen LogP contribution is 2.30. The van der Waals surface area contributed by atoms with Crippen LogP contribution in [0.15, 0.2) is 6.20 Å². The van der Waals surface area contributed by atoms with Gasteiger partial charge < -0.3 is 10.2 Å². The van der Waals surface area contributed by atoms with Crippen LogP contribution in [-0.4, -0.2) is 35.0 Å². The molecular weight excluding hydrogens is 258 g/mol. The minimum Gasteiger partial charge on any atom is -0.354 e. The third-order valence-electron chi connectivity index (χ3n) is 3.65. The first kappa shape index (κ1) is 14.5. The molecule has 0 amide bonds. The van der Waals surface area contributed by atoms with Crippen LogP contribution in [0.25, 0.3) is 0 Å². The van der Waals surface area contributed by atoms with Crippen molar-refractivity contribution in [3.05, 3.63) is 16.3 Å². The van der Waals surface area contributed by atoms with Gasteiger partial charge in [0.25, 0.3) is 0 Å². The van der Waals surface area contributed by atoms with Crippen molar-refractivity contribution in [3.8, 4) is 0 Å². The molecule has 2 rings (SSSR count). The minimum atomic E-state index is -0.420. The monoisotopic (exact) mass is 279 g/mol. The molecule has 7 heteroatoms. The molecule has 1 aromatic rings. The van der Waals surface area contributed by atoms with E-state index in [9.17, 15) is 10.1 Å². The Kier molecular flexibility index (Phi) is 4.70. The maximum Gasteiger partial charge on any atom is 0.329 e. The average Bonchev–Trinajstić information content (AvgIpc) is 2.91. The molecule has 0 bridgehead atoms. The van der Waals surface area contributed by atoms with E-state index in [4.69, 9.17) is 0 Å². The number of rotatable bonds is 6. The molecule has 0 aromatic carbocycles. The molecule has 1 N–H and O–H groups in total. The second-order valence-electron chi connectivity index (χ2n) is 5.22. The Labute approximate surface area is 118 Å². The summed E-state index contributed by atoms with van der Waals surface area (Å²) >= 11 is 0. The van der Waals surface area contributed by atoms with Gasteiger partial charge in [-0.05, 0) is 25.7 Å². The Hall–Kier alpha value is -1.92. The third kappa shape index (κ3) is 3.34. The van der Waals surface area contributed by atoms with Crippen LogP contribution < -0.4 is 10.2 Å². The normalized spacial score (nSPS) is 15.3. The van der Waals surface area contributed by atoms with E-state index in [-0.39, 0.29) is 5.69 Å². The summed E-state index contributed by atoms with van der Waals surface area (Å²) in [6.45, 7) is 3.43. The molecule has 0 unspecified atom stereocenters. The van der Waals surface area contributed by atoms with Gasteiger partial charge in [0.05, 0.1) is 4.92 Å². The number of hydrogen-bond acceptors (Lipinski definition) is 6. The molecule has 1 saturated carbocycles. The third-order valence-corrected chi connectivity index (χ3v) is 3.65. The average molecular weight is 279 g/mol. The summed E-state index contributed by atoms with van der Waals surface area (Å²) in [6.07, 6.45) is 6.19. The van der Waals surface area contributed by atoms with Crippen LogP contribution in [0, 0.1) is 16.0 Å². The van der Waals surface area contributed by atoms with E-state index in [0.29, 0.717) is 24.2 Å². The number of nitrogens with one attached hydrogen (secondary N) is 1. The van der Waals surface area contributed by atoms with Crippen LogP contribution in [-0.2, 0) is 0 Å². The van der Waals surface area contributed by atoms with E-state index >= 15 is 0 Å². The van der Waals surface area contributed by atoms with E-state index in [0.717, 1.165) is 6.54 Å². The van der Waals surface area contributed by atoms with Gasteiger partial charge in [-0.2, -0.15) is 4.98 Å². The predicted octanol–water partition coefficient (Wildman–Crippen LogP) is 2.44. The van der Waals surface area contributed by atoms with Gasteiger partial charge in [-0.1, -0.05) is 12.8 Å². The van der Waals surface area contributed by atoms with Crippen LogP contribution >= 0.6 is 0 Å². The lowest BCUT2D eigenvalue weighted by molar-refractivity contribution is -0.384. The maximum absolute atomic E-state index is 11.1. The molecule has 0 atom stereocenters. The van der Waals surface area contributed by atoms with Crippen molar-refractivity contribution in [1.82, 2.24) is 9.97 Å². The molecule has 1 aromatic heterocycles. The molecule has 1 fully saturated rings. The predicted molar refractivity (Wildman–Crippen MR) is 78.1 cm³/mol. The van der Waals surface area contributed by atoms with Crippen molar-refractivity contribution in [1.29, 1.82) is 0 Å². The smallest absolute Gasteiger partial charge is 0.329 e. The van der Waals surface area contributed by atoms with E-state index in [2.05, 4.69) is 15.3 Å². The van der Waals surface area contributed by atoms with Gasteiger partial charge in [-0.3, -0.25) is 10.1 Å². The molecule has 1 aliphatic carbocycles. The van der Waals surface area contributed by atoms with Crippen LogP contribution in [0.4, 0.5) is 17.5 Å². The summed E-state index contributed by atoms with van der Waals surface area (Å²) in [5.41, 5.74) is -0.0350. The zero-order chi connectivity index (χ0) is 14.5. The van der Waals surface area contributed by atoms with Gasteiger partial charge >= 0.3 is 5.69 Å². The molecular formula is C13H21N5O2. The lowest BCUT2D eigenvalue weighted by Crippen LogP contribution is -2.26. The van der Waals surface area contributed by atoms with Crippen LogP contribution in [0.1, 0.15) is 32.6 Å². The Balaban J connectivity index is 2.20. The molecule has 7 nitrogen and oxygen atoms in total. The second kappa shape index (κ2) is 6.49. The maximum atomic E-state index is 11.1. The highest BCUT2D eigenvalue weighted by atomic mass is 16.6. The number of hydrogen-bond donors (Lipinski definition) is 1. The van der Waals surface area contributed by atoms with Crippen molar-refractivity contribution < 1.29 is 4.92 Å². The number of nitro groups is 1. The second-order valence-corrected chi connectivity index (χ2v) is 5.22. The molecule has 0 spiro atoms. The number of anilines is 2. The standard InChI is InChI=1S/C13H21N5O2/c1-3-14-13-15-8-11(18(19)20)12(16-13)17(2)9-10-6-4-5-7-10/h8,10H,3-7,9H2,1-2H3,(H,14,15,16).